The normalized spacial score (nSPS) is 11.6. The molecule has 0 radical (unpaired) electrons. The fourth-order valence-electron chi connectivity index (χ4n) is 3.48. The van der Waals surface area contributed by atoms with Gasteiger partial charge in [0.1, 0.15) is 11.5 Å². The fourth-order valence-corrected chi connectivity index (χ4v) is 4.27. The first-order valence-corrected chi connectivity index (χ1v) is 12.3. The summed E-state index contributed by atoms with van der Waals surface area (Å²) >= 11 is 1.34. The molecule has 180 valence electrons. The van der Waals surface area contributed by atoms with Gasteiger partial charge in [0.15, 0.2) is 17.1 Å². The lowest BCUT2D eigenvalue weighted by Crippen LogP contribution is -2.24. The molecule has 1 atom stereocenters. The summed E-state index contributed by atoms with van der Waals surface area (Å²) in [5.41, 5.74) is 3.15. The Hall–Kier alpha value is -3.78. The van der Waals surface area contributed by atoms with Crippen LogP contribution in [0.1, 0.15) is 30.0 Å². The monoisotopic (exact) mass is 488 g/mol. The van der Waals surface area contributed by atoms with Crippen molar-refractivity contribution in [2.24, 2.45) is 0 Å². The topological polar surface area (TPSA) is 78.3 Å². The zero-order valence-corrected chi connectivity index (χ0v) is 20.8. The Morgan fingerprint density at radius 1 is 1.00 bits per heavy atom. The van der Waals surface area contributed by atoms with Crippen LogP contribution in [0.15, 0.2) is 84.0 Å². The summed E-state index contributed by atoms with van der Waals surface area (Å²) in [5.74, 6) is 2.18. The molecule has 1 unspecified atom stereocenters. The van der Waals surface area contributed by atoms with Crippen LogP contribution < -0.4 is 14.8 Å². The van der Waals surface area contributed by atoms with Crippen molar-refractivity contribution in [2.45, 2.75) is 31.7 Å². The van der Waals surface area contributed by atoms with Crippen molar-refractivity contribution < 1.29 is 14.3 Å². The van der Waals surface area contributed by atoms with Crippen LogP contribution in [0.5, 0.6) is 11.5 Å². The number of nitrogens with one attached hydrogen (secondary N) is 1. The molecule has 35 heavy (non-hydrogen) atoms. The molecule has 4 rings (SSSR count). The predicted octanol–water partition coefficient (Wildman–Crippen LogP) is 5.13. The van der Waals surface area contributed by atoms with E-state index in [1.807, 2.05) is 97.3 Å². The van der Waals surface area contributed by atoms with E-state index in [0.717, 1.165) is 11.3 Å². The highest BCUT2D eigenvalue weighted by molar-refractivity contribution is 7.99. The molecule has 0 saturated carbocycles. The third kappa shape index (κ3) is 6.42. The second kappa shape index (κ2) is 11.6. The largest absolute Gasteiger partial charge is 0.497 e. The molecular formula is C27H28N4O3S. The molecule has 1 heterocycles. The molecule has 1 N–H and O–H groups in total. The molecule has 0 aliphatic carbocycles. The van der Waals surface area contributed by atoms with E-state index in [-0.39, 0.29) is 17.8 Å². The number of amides is 1. The van der Waals surface area contributed by atoms with Gasteiger partial charge in [-0.2, -0.15) is 0 Å². The summed E-state index contributed by atoms with van der Waals surface area (Å²) in [7, 11) is 1.62. The Bertz CT molecular complexity index is 1260. The summed E-state index contributed by atoms with van der Waals surface area (Å²) < 4.78 is 13.4. The van der Waals surface area contributed by atoms with E-state index < -0.39 is 0 Å². The summed E-state index contributed by atoms with van der Waals surface area (Å²) in [5, 5.41) is 12.4. The van der Waals surface area contributed by atoms with E-state index in [1.54, 1.807) is 7.11 Å². The Morgan fingerprint density at radius 2 is 1.74 bits per heavy atom. The first-order chi connectivity index (χ1) is 17.0. The number of methoxy groups -OCH3 is 1. The third-order valence-corrected chi connectivity index (χ3v) is 6.26. The van der Waals surface area contributed by atoms with Crippen molar-refractivity contribution in [2.75, 3.05) is 12.9 Å². The molecule has 3 aromatic carbocycles. The van der Waals surface area contributed by atoms with Crippen molar-refractivity contribution in [3.8, 4) is 17.2 Å². The van der Waals surface area contributed by atoms with Crippen LogP contribution in [0.3, 0.4) is 0 Å². The minimum Gasteiger partial charge on any atom is -0.497 e. The maximum absolute atomic E-state index is 12.5. The van der Waals surface area contributed by atoms with Gasteiger partial charge in [0, 0.05) is 18.3 Å². The van der Waals surface area contributed by atoms with E-state index >= 15 is 0 Å². The Balaban J connectivity index is 1.48. The van der Waals surface area contributed by atoms with Crippen LogP contribution in [0.4, 0.5) is 0 Å². The zero-order valence-electron chi connectivity index (χ0n) is 20.0. The van der Waals surface area contributed by atoms with Crippen LogP contribution in [0, 0.1) is 6.92 Å². The van der Waals surface area contributed by atoms with E-state index in [0.29, 0.717) is 29.0 Å². The lowest BCUT2D eigenvalue weighted by Gasteiger charge is -2.17. The maximum atomic E-state index is 12.5. The van der Waals surface area contributed by atoms with E-state index in [1.165, 1.54) is 17.3 Å². The summed E-state index contributed by atoms with van der Waals surface area (Å²) in [6, 6.07) is 25.4. The van der Waals surface area contributed by atoms with Gasteiger partial charge in [-0.1, -0.05) is 65.9 Å². The highest BCUT2D eigenvalue weighted by atomic mass is 32.2. The quantitative estimate of drug-likeness (QED) is 0.312. The van der Waals surface area contributed by atoms with Crippen LogP contribution in [0.2, 0.25) is 0 Å². The number of nitrogens with zero attached hydrogens (tertiary/aromatic N) is 3. The van der Waals surface area contributed by atoms with E-state index in [2.05, 4.69) is 15.5 Å². The Labute approximate surface area is 209 Å². The van der Waals surface area contributed by atoms with Gasteiger partial charge in [0.05, 0.1) is 12.9 Å². The number of rotatable bonds is 10. The number of para-hydroxylation sites is 1. The standard InChI is InChI=1S/C27H28N4O3S/c1-19-12-14-21(15-13-19)17-28-25(32)18-35-27-30-29-26(31(27)22-8-5-4-6-9-22)20(2)34-24-11-7-10-23(16-24)33-3/h4-16,20H,17-18H2,1-3H3,(H,28,32). The van der Waals surface area contributed by atoms with E-state index in [4.69, 9.17) is 9.47 Å². The summed E-state index contributed by atoms with van der Waals surface area (Å²) in [6.07, 6.45) is -0.389. The number of benzene rings is 3. The molecule has 1 aromatic heterocycles. The number of thioether (sulfide) groups is 1. The Kier molecular flexibility index (Phi) is 8.05. The number of aryl methyl sites for hydroxylation is 1. The van der Waals surface area contributed by atoms with E-state index in [9.17, 15) is 4.79 Å². The molecule has 7 nitrogen and oxygen atoms in total. The number of ether oxygens (including phenoxy) is 2. The van der Waals surface area contributed by atoms with Crippen LogP contribution in [-0.4, -0.2) is 33.5 Å². The number of hydrogen-bond acceptors (Lipinski definition) is 6. The summed E-state index contributed by atoms with van der Waals surface area (Å²) in [6.45, 7) is 4.45. The fraction of sp³-hybridized carbons (Fsp3) is 0.222. The molecular weight excluding hydrogens is 460 g/mol. The first kappa shape index (κ1) is 24.3. The predicted molar refractivity (Wildman–Crippen MR) is 137 cm³/mol. The molecule has 4 aromatic rings. The van der Waals surface area contributed by atoms with Gasteiger partial charge in [-0.3, -0.25) is 9.36 Å². The minimum atomic E-state index is -0.389. The molecule has 0 spiro atoms. The average Bonchev–Trinajstić information content (AvgIpc) is 3.32. The zero-order chi connectivity index (χ0) is 24.6. The third-order valence-electron chi connectivity index (χ3n) is 5.33. The molecule has 0 aliphatic heterocycles. The second-order valence-electron chi connectivity index (χ2n) is 8.00. The van der Waals surface area contributed by atoms with Crippen molar-refractivity contribution in [1.82, 2.24) is 20.1 Å². The number of aromatic nitrogens is 3. The molecule has 0 fully saturated rings. The SMILES string of the molecule is COc1cccc(OC(C)c2nnc(SCC(=O)NCc3ccc(C)cc3)n2-c2ccccc2)c1. The number of carbonyl (C=O) groups excluding carboxylic acids is 1. The van der Waals surface area contributed by atoms with Gasteiger partial charge in [-0.05, 0) is 43.7 Å². The molecule has 0 aliphatic rings. The smallest absolute Gasteiger partial charge is 0.230 e. The Morgan fingerprint density at radius 3 is 2.49 bits per heavy atom. The van der Waals surface area contributed by atoms with Crippen molar-refractivity contribution >= 4 is 17.7 Å². The van der Waals surface area contributed by atoms with Crippen molar-refractivity contribution in [3.63, 3.8) is 0 Å². The van der Waals surface area contributed by atoms with Crippen molar-refractivity contribution in [3.05, 3.63) is 95.8 Å². The lowest BCUT2D eigenvalue weighted by molar-refractivity contribution is -0.118. The van der Waals surface area contributed by atoms with Crippen LogP contribution in [0.25, 0.3) is 5.69 Å². The van der Waals surface area contributed by atoms with Gasteiger partial charge >= 0.3 is 0 Å². The lowest BCUT2D eigenvalue weighted by atomic mass is 10.1. The van der Waals surface area contributed by atoms with Crippen molar-refractivity contribution in [1.29, 1.82) is 0 Å². The number of carbonyl (C=O) groups is 1. The molecule has 8 heteroatoms. The molecule has 0 saturated heterocycles. The molecule has 1 amide bonds. The van der Waals surface area contributed by atoms with Gasteiger partial charge in [0.25, 0.3) is 0 Å². The highest BCUT2D eigenvalue weighted by Crippen LogP contribution is 2.29. The first-order valence-electron chi connectivity index (χ1n) is 11.3. The number of hydrogen-bond donors (Lipinski definition) is 1. The second-order valence-corrected chi connectivity index (χ2v) is 8.94. The van der Waals surface area contributed by atoms with Crippen LogP contribution >= 0.6 is 11.8 Å². The molecule has 0 bridgehead atoms. The average molecular weight is 489 g/mol. The highest BCUT2D eigenvalue weighted by Gasteiger charge is 2.21. The van der Waals surface area contributed by atoms with Gasteiger partial charge in [-0.15, -0.1) is 10.2 Å². The van der Waals surface area contributed by atoms with Gasteiger partial charge < -0.3 is 14.8 Å². The maximum Gasteiger partial charge on any atom is 0.230 e. The van der Waals surface area contributed by atoms with Gasteiger partial charge in [0.2, 0.25) is 5.91 Å². The van der Waals surface area contributed by atoms with Gasteiger partial charge in [-0.25, -0.2) is 0 Å². The minimum absolute atomic E-state index is 0.0691. The summed E-state index contributed by atoms with van der Waals surface area (Å²) in [4.78, 5) is 12.5. The van der Waals surface area contributed by atoms with Crippen LogP contribution in [-0.2, 0) is 11.3 Å².